The number of nitriles is 3. The monoisotopic (exact) mass is 398 g/mol. The SMILES string of the molecule is CC[C@@]12OC(=N)[C@@](C#N)([C@H]1C)C(C#N)(C#N)[C@@H](c1ccc(Br)cc1)O2. The number of halogens is 1. The summed E-state index contributed by atoms with van der Waals surface area (Å²) in [6, 6.07) is 13.2. The van der Waals surface area contributed by atoms with Gasteiger partial charge in [0.1, 0.15) is 6.10 Å². The molecule has 4 atom stereocenters. The Morgan fingerprint density at radius 3 is 2.24 bits per heavy atom. The Kier molecular flexibility index (Phi) is 3.88. The van der Waals surface area contributed by atoms with Gasteiger partial charge in [0.05, 0.1) is 24.1 Å². The van der Waals surface area contributed by atoms with Gasteiger partial charge in [-0.05, 0) is 17.7 Å². The Morgan fingerprint density at radius 2 is 1.76 bits per heavy atom. The lowest BCUT2D eigenvalue weighted by Crippen LogP contribution is -2.58. The van der Waals surface area contributed by atoms with E-state index in [0.29, 0.717) is 12.0 Å². The molecule has 1 aromatic carbocycles. The molecule has 1 N–H and O–H groups in total. The van der Waals surface area contributed by atoms with Gasteiger partial charge in [-0.1, -0.05) is 41.9 Å². The Balaban J connectivity index is 2.32. The fourth-order valence-electron chi connectivity index (χ4n) is 3.98. The number of nitrogens with zero attached hydrogens (tertiary/aromatic N) is 3. The lowest BCUT2D eigenvalue weighted by Gasteiger charge is -2.48. The molecule has 3 rings (SSSR count). The number of rotatable bonds is 2. The quantitative estimate of drug-likeness (QED) is 0.812. The molecular formula is C18H15BrN4O2. The lowest BCUT2D eigenvalue weighted by molar-refractivity contribution is -0.280. The van der Waals surface area contributed by atoms with Gasteiger partial charge < -0.3 is 9.47 Å². The molecule has 0 aliphatic carbocycles. The number of hydrogen-bond acceptors (Lipinski definition) is 6. The number of benzene rings is 1. The van der Waals surface area contributed by atoms with Crippen LogP contribution in [0.4, 0.5) is 0 Å². The summed E-state index contributed by atoms with van der Waals surface area (Å²) < 4.78 is 12.7. The van der Waals surface area contributed by atoms with E-state index in [-0.39, 0.29) is 5.90 Å². The third-order valence-corrected chi connectivity index (χ3v) is 6.00. The van der Waals surface area contributed by atoms with Crippen LogP contribution in [0.2, 0.25) is 0 Å². The van der Waals surface area contributed by atoms with Crippen molar-refractivity contribution in [1.82, 2.24) is 0 Å². The molecule has 0 spiro atoms. The van der Waals surface area contributed by atoms with Gasteiger partial charge in [-0.3, -0.25) is 5.41 Å². The van der Waals surface area contributed by atoms with E-state index in [1.165, 1.54) is 0 Å². The summed E-state index contributed by atoms with van der Waals surface area (Å²) in [5, 5.41) is 38.2. The molecule has 25 heavy (non-hydrogen) atoms. The van der Waals surface area contributed by atoms with Crippen molar-refractivity contribution in [2.45, 2.75) is 32.2 Å². The average Bonchev–Trinajstić information content (AvgIpc) is 2.79. The minimum atomic E-state index is -1.89. The average molecular weight is 399 g/mol. The molecule has 0 radical (unpaired) electrons. The van der Waals surface area contributed by atoms with Gasteiger partial charge in [0.25, 0.3) is 0 Å². The van der Waals surface area contributed by atoms with Gasteiger partial charge in [0.2, 0.25) is 17.1 Å². The van der Waals surface area contributed by atoms with Crippen LogP contribution in [0.15, 0.2) is 28.7 Å². The van der Waals surface area contributed by atoms with Crippen molar-refractivity contribution in [3.05, 3.63) is 34.3 Å². The Hall–Kier alpha value is -2.40. The van der Waals surface area contributed by atoms with Gasteiger partial charge in [-0.15, -0.1) is 0 Å². The standard InChI is InChI=1S/C18H15BrN4O2/c1-3-18-11(2)17(10-22,15(23)25-18)16(8-20,9-21)14(24-18)12-4-6-13(19)7-5-12/h4-7,11,14,23H,3H2,1-2H3/t11-,14-,17-,18-/m1/s1. The molecule has 1 aromatic rings. The van der Waals surface area contributed by atoms with Crippen LogP contribution >= 0.6 is 15.9 Å². The molecule has 2 aliphatic rings. The first kappa shape index (κ1) is 17.4. The highest BCUT2D eigenvalue weighted by molar-refractivity contribution is 9.10. The van der Waals surface area contributed by atoms with E-state index in [1.807, 2.05) is 19.1 Å². The highest BCUT2D eigenvalue weighted by Crippen LogP contribution is 2.66. The smallest absolute Gasteiger partial charge is 0.217 e. The van der Waals surface area contributed by atoms with Crippen LogP contribution in [0.25, 0.3) is 0 Å². The van der Waals surface area contributed by atoms with E-state index in [1.54, 1.807) is 31.2 Å². The second kappa shape index (κ2) is 5.56. The van der Waals surface area contributed by atoms with Crippen molar-refractivity contribution in [2.24, 2.45) is 16.7 Å². The summed E-state index contributed by atoms with van der Waals surface area (Å²) in [6.07, 6.45) is -0.616. The molecular weight excluding hydrogens is 384 g/mol. The van der Waals surface area contributed by atoms with Crippen molar-refractivity contribution >= 4 is 21.8 Å². The predicted molar refractivity (Wildman–Crippen MR) is 90.7 cm³/mol. The largest absolute Gasteiger partial charge is 0.447 e. The van der Waals surface area contributed by atoms with Crippen LogP contribution in [0.3, 0.4) is 0 Å². The topological polar surface area (TPSA) is 114 Å². The molecule has 0 unspecified atom stereocenters. The highest BCUT2D eigenvalue weighted by atomic mass is 79.9. The molecule has 2 aliphatic heterocycles. The van der Waals surface area contributed by atoms with Crippen LogP contribution in [0.1, 0.15) is 31.9 Å². The highest BCUT2D eigenvalue weighted by Gasteiger charge is 2.78. The molecule has 2 heterocycles. The van der Waals surface area contributed by atoms with E-state index in [0.717, 1.165) is 4.47 Å². The summed E-state index contributed by atoms with van der Waals surface area (Å²) in [4.78, 5) is 0. The Bertz CT molecular complexity index is 849. The number of fused-ring (bicyclic) bond motifs is 2. The maximum Gasteiger partial charge on any atom is 0.217 e. The Morgan fingerprint density at radius 1 is 1.16 bits per heavy atom. The van der Waals surface area contributed by atoms with Crippen LogP contribution < -0.4 is 0 Å². The number of ether oxygens (including phenoxy) is 2. The van der Waals surface area contributed by atoms with E-state index in [2.05, 4.69) is 22.0 Å². The van der Waals surface area contributed by atoms with Crippen molar-refractivity contribution in [2.75, 3.05) is 0 Å². The molecule has 2 fully saturated rings. The fourth-order valence-corrected chi connectivity index (χ4v) is 4.25. The minimum Gasteiger partial charge on any atom is -0.447 e. The van der Waals surface area contributed by atoms with Crippen molar-refractivity contribution in [3.63, 3.8) is 0 Å². The van der Waals surface area contributed by atoms with Gasteiger partial charge in [-0.2, -0.15) is 15.8 Å². The van der Waals surface area contributed by atoms with Crippen LogP contribution in [-0.4, -0.2) is 11.7 Å². The molecule has 0 aromatic heterocycles. The molecule has 0 amide bonds. The minimum absolute atomic E-state index is 0.368. The van der Waals surface area contributed by atoms with Crippen LogP contribution in [0, 0.1) is 56.2 Å². The van der Waals surface area contributed by atoms with E-state index in [9.17, 15) is 15.8 Å². The fraction of sp³-hybridized carbons (Fsp3) is 0.444. The van der Waals surface area contributed by atoms with Crippen molar-refractivity contribution in [1.29, 1.82) is 21.2 Å². The zero-order valence-corrected chi connectivity index (χ0v) is 15.3. The van der Waals surface area contributed by atoms with E-state index < -0.39 is 28.6 Å². The first-order valence-corrected chi connectivity index (χ1v) is 8.61. The molecule has 6 nitrogen and oxygen atoms in total. The predicted octanol–water partition coefficient (Wildman–Crippen LogP) is 3.81. The molecule has 7 heteroatoms. The maximum absolute atomic E-state index is 9.99. The number of nitrogens with one attached hydrogen (secondary N) is 1. The second-order valence-electron chi connectivity index (χ2n) is 6.32. The van der Waals surface area contributed by atoms with Crippen molar-refractivity contribution in [3.8, 4) is 18.2 Å². The molecule has 2 bridgehead atoms. The lowest BCUT2D eigenvalue weighted by atomic mass is 9.53. The summed E-state index contributed by atoms with van der Waals surface area (Å²) >= 11 is 3.35. The van der Waals surface area contributed by atoms with Gasteiger partial charge >= 0.3 is 0 Å². The zero-order valence-electron chi connectivity index (χ0n) is 13.7. The van der Waals surface area contributed by atoms with Crippen LogP contribution in [-0.2, 0) is 9.47 Å². The number of hydrogen-bond donors (Lipinski definition) is 1. The van der Waals surface area contributed by atoms with Gasteiger partial charge in [-0.25, -0.2) is 0 Å². The first-order chi connectivity index (χ1) is 11.9. The maximum atomic E-state index is 9.99. The molecule has 126 valence electrons. The van der Waals surface area contributed by atoms with Gasteiger partial charge in [0.15, 0.2) is 5.41 Å². The second-order valence-corrected chi connectivity index (χ2v) is 7.23. The summed E-state index contributed by atoms with van der Waals surface area (Å²) in [6.45, 7) is 3.54. The Labute approximate surface area is 154 Å². The van der Waals surface area contributed by atoms with Gasteiger partial charge in [0, 0.05) is 10.9 Å². The summed E-state index contributed by atoms with van der Waals surface area (Å²) in [5.74, 6) is -2.21. The van der Waals surface area contributed by atoms with E-state index in [4.69, 9.17) is 14.9 Å². The first-order valence-electron chi connectivity index (χ1n) is 7.82. The summed E-state index contributed by atoms with van der Waals surface area (Å²) in [5.41, 5.74) is -2.99. The molecule has 0 saturated carbocycles. The van der Waals surface area contributed by atoms with Crippen LogP contribution in [0.5, 0.6) is 0 Å². The third kappa shape index (κ3) is 1.87. The summed E-state index contributed by atoms with van der Waals surface area (Å²) in [7, 11) is 0. The third-order valence-electron chi connectivity index (χ3n) is 5.47. The zero-order chi connectivity index (χ0) is 18.5. The molecule has 2 saturated heterocycles. The normalized spacial score (nSPS) is 35.1. The van der Waals surface area contributed by atoms with E-state index >= 15 is 0 Å². The van der Waals surface area contributed by atoms with Crippen molar-refractivity contribution < 1.29 is 9.47 Å².